The van der Waals surface area contributed by atoms with Crippen LogP contribution in [0.25, 0.3) is 10.8 Å². The van der Waals surface area contributed by atoms with Crippen LogP contribution in [-0.2, 0) is 22.7 Å². The molecule has 5 rings (SSSR count). The number of ether oxygens (including phenoxy) is 3. The smallest absolute Gasteiger partial charge is 0.339 e. The Morgan fingerprint density at radius 3 is 2.54 bits per heavy atom. The van der Waals surface area contributed by atoms with E-state index in [-0.39, 0.29) is 18.6 Å². The van der Waals surface area contributed by atoms with E-state index in [0.29, 0.717) is 17.2 Å². The maximum atomic E-state index is 12.4. The van der Waals surface area contributed by atoms with Crippen molar-refractivity contribution in [2.75, 3.05) is 20.2 Å². The van der Waals surface area contributed by atoms with Crippen LogP contribution in [0.3, 0.4) is 0 Å². The second-order valence-corrected chi connectivity index (χ2v) is 9.63. The second kappa shape index (κ2) is 11.8. The summed E-state index contributed by atoms with van der Waals surface area (Å²) in [6.45, 7) is 2.41. The van der Waals surface area contributed by atoms with Crippen molar-refractivity contribution in [1.82, 2.24) is 5.32 Å². The van der Waals surface area contributed by atoms with Gasteiger partial charge >= 0.3 is 5.97 Å². The molecule has 4 aromatic rings. The fourth-order valence-corrected chi connectivity index (χ4v) is 5.15. The number of fused-ring (bicyclic) bond motifs is 1. The van der Waals surface area contributed by atoms with Gasteiger partial charge in [-0.1, -0.05) is 84.4 Å². The monoisotopic (exact) mass is 515 g/mol. The van der Waals surface area contributed by atoms with Gasteiger partial charge in [0.2, 0.25) is 0 Å². The maximum absolute atomic E-state index is 12.4. The van der Waals surface area contributed by atoms with Crippen LogP contribution in [0.4, 0.5) is 0 Å². The average Bonchev–Trinajstić information content (AvgIpc) is 2.95. The minimum absolute atomic E-state index is 0.0360. The molecule has 1 fully saturated rings. The number of piperidine rings is 1. The lowest BCUT2D eigenvalue weighted by Crippen LogP contribution is -2.41. The largest absolute Gasteiger partial charge is 0.496 e. The number of nitrogens with one attached hydrogen (secondary N) is 1. The summed E-state index contributed by atoms with van der Waals surface area (Å²) in [5.74, 6) is 0.715. The van der Waals surface area contributed by atoms with Crippen molar-refractivity contribution in [2.45, 2.75) is 31.7 Å². The first-order valence-corrected chi connectivity index (χ1v) is 12.9. The van der Waals surface area contributed by atoms with Crippen molar-refractivity contribution < 1.29 is 19.0 Å². The second-order valence-electron chi connectivity index (χ2n) is 9.23. The van der Waals surface area contributed by atoms with Crippen LogP contribution in [-0.4, -0.2) is 32.3 Å². The first-order chi connectivity index (χ1) is 18.1. The van der Waals surface area contributed by atoms with Gasteiger partial charge in [-0.2, -0.15) is 0 Å². The van der Waals surface area contributed by atoms with Crippen LogP contribution in [0, 0.1) is 0 Å². The van der Waals surface area contributed by atoms with Crippen molar-refractivity contribution in [3.8, 4) is 5.75 Å². The molecule has 0 aromatic heterocycles. The van der Waals surface area contributed by atoms with Crippen LogP contribution in [0.15, 0.2) is 84.9 Å². The topological polar surface area (TPSA) is 56.8 Å². The average molecular weight is 516 g/mol. The third-order valence-corrected chi connectivity index (χ3v) is 7.25. The number of carbonyl (C=O) groups excluding carboxylic acids is 1. The van der Waals surface area contributed by atoms with E-state index in [1.54, 1.807) is 31.4 Å². The molecule has 1 heterocycles. The molecule has 0 saturated carbocycles. The number of benzene rings is 4. The van der Waals surface area contributed by atoms with E-state index in [0.717, 1.165) is 47.2 Å². The molecule has 190 valence electrons. The molecule has 37 heavy (non-hydrogen) atoms. The molecule has 1 aliphatic rings. The Bertz CT molecular complexity index is 1370. The molecule has 6 heteroatoms. The standard InChI is InChI=1S/C31H30ClNO4/c1-35-30-24(15-14-22-6-2-3-7-26(22)30)20-36-29-18-33-17-16-25(29)23-12-10-21(11-13-23)19-37-31(34)27-8-4-5-9-28(27)32/h2-15,25,29,33H,16-20H2,1H3. The van der Waals surface area contributed by atoms with Crippen LogP contribution in [0.1, 0.15) is 39.4 Å². The zero-order valence-corrected chi connectivity index (χ0v) is 21.5. The van der Waals surface area contributed by atoms with Gasteiger partial charge in [-0.25, -0.2) is 4.79 Å². The molecule has 0 radical (unpaired) electrons. The molecule has 2 atom stereocenters. The summed E-state index contributed by atoms with van der Waals surface area (Å²) in [6.07, 6.45) is 1.02. The number of methoxy groups -OCH3 is 1. The summed E-state index contributed by atoms with van der Waals surface area (Å²) >= 11 is 6.10. The van der Waals surface area contributed by atoms with E-state index in [2.05, 4.69) is 41.7 Å². The maximum Gasteiger partial charge on any atom is 0.339 e. The van der Waals surface area contributed by atoms with Crippen LogP contribution >= 0.6 is 11.6 Å². The van der Waals surface area contributed by atoms with E-state index in [4.69, 9.17) is 25.8 Å². The van der Waals surface area contributed by atoms with E-state index in [9.17, 15) is 4.79 Å². The van der Waals surface area contributed by atoms with Crippen LogP contribution in [0.2, 0.25) is 5.02 Å². The normalized spacial score (nSPS) is 17.5. The van der Waals surface area contributed by atoms with Crippen molar-refractivity contribution in [1.29, 1.82) is 0 Å². The van der Waals surface area contributed by atoms with Gasteiger partial charge < -0.3 is 19.5 Å². The quantitative estimate of drug-likeness (QED) is 0.271. The summed E-state index contributed by atoms with van der Waals surface area (Å²) in [5.41, 5.74) is 3.56. The lowest BCUT2D eigenvalue weighted by Gasteiger charge is -2.33. The third kappa shape index (κ3) is 5.80. The van der Waals surface area contributed by atoms with E-state index < -0.39 is 5.97 Å². The molecule has 5 nitrogen and oxygen atoms in total. The van der Waals surface area contributed by atoms with Gasteiger partial charge in [0.15, 0.2) is 0 Å². The highest BCUT2D eigenvalue weighted by Crippen LogP contribution is 2.33. The van der Waals surface area contributed by atoms with Gasteiger partial charge in [-0.05, 0) is 41.6 Å². The third-order valence-electron chi connectivity index (χ3n) is 6.92. The molecule has 0 bridgehead atoms. The first kappa shape index (κ1) is 25.3. The van der Waals surface area contributed by atoms with Gasteiger partial charge in [0, 0.05) is 23.4 Å². The Labute approximate surface area is 222 Å². The molecule has 1 aliphatic heterocycles. The van der Waals surface area contributed by atoms with Crippen molar-refractivity contribution in [3.63, 3.8) is 0 Å². The van der Waals surface area contributed by atoms with Gasteiger partial charge in [0.25, 0.3) is 0 Å². The predicted molar refractivity (Wildman–Crippen MR) is 146 cm³/mol. The van der Waals surface area contributed by atoms with Gasteiger partial charge in [0.1, 0.15) is 12.4 Å². The molecule has 1 saturated heterocycles. The summed E-state index contributed by atoms with van der Waals surface area (Å²) in [6, 6.07) is 27.6. The number of rotatable bonds is 8. The molecule has 0 amide bonds. The van der Waals surface area contributed by atoms with Crippen molar-refractivity contribution in [3.05, 3.63) is 112 Å². The van der Waals surface area contributed by atoms with Crippen molar-refractivity contribution in [2.24, 2.45) is 0 Å². The van der Waals surface area contributed by atoms with E-state index in [1.165, 1.54) is 5.56 Å². The Morgan fingerprint density at radius 2 is 1.73 bits per heavy atom. The molecule has 0 spiro atoms. The first-order valence-electron chi connectivity index (χ1n) is 12.5. The SMILES string of the molecule is COc1c(COC2CNCCC2c2ccc(COC(=O)c3ccccc3Cl)cc2)ccc2ccccc12. The Balaban J connectivity index is 1.24. The predicted octanol–water partition coefficient (Wildman–Crippen LogP) is 6.52. The van der Waals surface area contributed by atoms with Gasteiger partial charge in [0.05, 0.1) is 30.4 Å². The Hall–Kier alpha value is -3.38. The highest BCUT2D eigenvalue weighted by atomic mass is 35.5. The summed E-state index contributed by atoms with van der Waals surface area (Å²) in [7, 11) is 1.71. The minimum atomic E-state index is -0.425. The zero-order valence-electron chi connectivity index (χ0n) is 20.8. The molecule has 1 N–H and O–H groups in total. The lowest BCUT2D eigenvalue weighted by molar-refractivity contribution is 0.00990. The molecule has 2 unspecified atom stereocenters. The summed E-state index contributed by atoms with van der Waals surface area (Å²) < 4.78 is 17.7. The molecule has 0 aliphatic carbocycles. The summed E-state index contributed by atoms with van der Waals surface area (Å²) in [5, 5.41) is 6.10. The number of carbonyl (C=O) groups is 1. The van der Waals surface area contributed by atoms with Crippen molar-refractivity contribution >= 4 is 28.3 Å². The van der Waals surface area contributed by atoms with E-state index >= 15 is 0 Å². The molecular formula is C31H30ClNO4. The van der Waals surface area contributed by atoms with Crippen LogP contribution < -0.4 is 10.1 Å². The number of hydrogen-bond donors (Lipinski definition) is 1. The van der Waals surface area contributed by atoms with Gasteiger partial charge in [-0.3, -0.25) is 0 Å². The lowest BCUT2D eigenvalue weighted by atomic mass is 9.87. The summed E-state index contributed by atoms with van der Waals surface area (Å²) in [4.78, 5) is 12.4. The van der Waals surface area contributed by atoms with Crippen LogP contribution in [0.5, 0.6) is 5.75 Å². The highest BCUT2D eigenvalue weighted by Gasteiger charge is 2.27. The fraction of sp³-hybridized carbons (Fsp3) is 0.258. The number of hydrogen-bond acceptors (Lipinski definition) is 5. The van der Waals surface area contributed by atoms with Gasteiger partial charge in [-0.15, -0.1) is 0 Å². The Morgan fingerprint density at radius 1 is 0.946 bits per heavy atom. The molecule has 4 aromatic carbocycles. The number of halogens is 1. The Kier molecular flexibility index (Phi) is 8.05. The molecular weight excluding hydrogens is 486 g/mol. The fourth-order valence-electron chi connectivity index (χ4n) is 4.94. The number of esters is 1. The highest BCUT2D eigenvalue weighted by molar-refractivity contribution is 6.33. The minimum Gasteiger partial charge on any atom is -0.496 e. The zero-order chi connectivity index (χ0) is 25.6. The van der Waals surface area contributed by atoms with E-state index in [1.807, 2.05) is 24.3 Å².